The van der Waals surface area contributed by atoms with Gasteiger partial charge in [0.1, 0.15) is 5.82 Å². The molecule has 0 unspecified atom stereocenters. The van der Waals surface area contributed by atoms with Crippen LogP contribution in [0.1, 0.15) is 37.9 Å². The van der Waals surface area contributed by atoms with Gasteiger partial charge in [0.15, 0.2) is 11.5 Å². The number of hydrogen-bond donors (Lipinski definition) is 1. The molecule has 134 valence electrons. The first kappa shape index (κ1) is 18.8. The highest BCUT2D eigenvalue weighted by atomic mass is 19.1. The maximum Gasteiger partial charge on any atom is 0.224 e. The van der Waals surface area contributed by atoms with Gasteiger partial charge in [-0.2, -0.15) is 0 Å². The molecule has 0 aliphatic heterocycles. The van der Waals surface area contributed by atoms with Crippen LogP contribution in [-0.4, -0.2) is 19.1 Å². The van der Waals surface area contributed by atoms with E-state index in [0.717, 1.165) is 11.1 Å². The first-order valence-corrected chi connectivity index (χ1v) is 8.46. The predicted molar refractivity (Wildman–Crippen MR) is 95.4 cm³/mol. The van der Waals surface area contributed by atoms with Crippen LogP contribution < -0.4 is 14.8 Å². The second-order valence-electron chi connectivity index (χ2n) is 5.66. The van der Waals surface area contributed by atoms with Crippen LogP contribution in [0.4, 0.5) is 4.39 Å². The molecular weight excluding hydrogens is 321 g/mol. The van der Waals surface area contributed by atoms with E-state index >= 15 is 0 Å². The molecule has 0 saturated heterocycles. The summed E-state index contributed by atoms with van der Waals surface area (Å²) >= 11 is 0. The number of ether oxygens (including phenoxy) is 2. The van der Waals surface area contributed by atoms with Gasteiger partial charge in [-0.25, -0.2) is 4.39 Å². The number of benzene rings is 2. The van der Waals surface area contributed by atoms with Crippen molar-refractivity contribution in [3.05, 3.63) is 59.4 Å². The Kier molecular flexibility index (Phi) is 6.81. The molecule has 1 atom stereocenters. The lowest BCUT2D eigenvalue weighted by Crippen LogP contribution is -2.28. The Labute approximate surface area is 148 Å². The predicted octanol–water partition coefficient (Wildman–Crippen LogP) is 4.04. The average Bonchev–Trinajstić information content (AvgIpc) is 2.59. The first-order chi connectivity index (χ1) is 12.0. The molecule has 4 nitrogen and oxygen atoms in total. The second-order valence-corrected chi connectivity index (χ2v) is 5.66. The molecule has 1 N–H and O–H groups in total. The smallest absolute Gasteiger partial charge is 0.224 e. The number of carbonyl (C=O) groups excluding carboxylic acids is 1. The SMILES string of the molecule is CCOc1ccc([C@H](C)NC(=O)Cc2ccc(F)cc2)cc1OCC. The van der Waals surface area contributed by atoms with Gasteiger partial charge in [0.25, 0.3) is 0 Å². The molecule has 0 heterocycles. The van der Waals surface area contributed by atoms with Crippen LogP contribution in [0.15, 0.2) is 42.5 Å². The summed E-state index contributed by atoms with van der Waals surface area (Å²) in [5, 5.41) is 2.95. The summed E-state index contributed by atoms with van der Waals surface area (Å²) < 4.78 is 24.1. The van der Waals surface area contributed by atoms with Gasteiger partial charge >= 0.3 is 0 Å². The molecule has 1 amide bonds. The quantitative estimate of drug-likeness (QED) is 0.785. The van der Waals surface area contributed by atoms with Gasteiger partial charge in [0, 0.05) is 0 Å². The van der Waals surface area contributed by atoms with Gasteiger partial charge in [0.05, 0.1) is 25.7 Å². The molecule has 0 radical (unpaired) electrons. The lowest BCUT2D eigenvalue weighted by molar-refractivity contribution is -0.121. The molecule has 2 aromatic carbocycles. The van der Waals surface area contributed by atoms with Crippen molar-refractivity contribution in [1.29, 1.82) is 0 Å². The zero-order valence-electron chi connectivity index (χ0n) is 14.8. The van der Waals surface area contributed by atoms with Gasteiger partial charge < -0.3 is 14.8 Å². The van der Waals surface area contributed by atoms with Crippen LogP contribution in [0.25, 0.3) is 0 Å². The summed E-state index contributed by atoms with van der Waals surface area (Å²) in [5.74, 6) is 0.931. The molecule has 0 spiro atoms. The molecule has 0 aliphatic rings. The van der Waals surface area contributed by atoms with Crippen molar-refractivity contribution in [3.63, 3.8) is 0 Å². The fourth-order valence-electron chi connectivity index (χ4n) is 2.50. The minimum atomic E-state index is -0.310. The van der Waals surface area contributed by atoms with Crippen LogP contribution in [-0.2, 0) is 11.2 Å². The molecular formula is C20H24FNO3. The van der Waals surface area contributed by atoms with Gasteiger partial charge in [-0.15, -0.1) is 0 Å². The molecule has 0 aromatic heterocycles. The molecule has 0 saturated carbocycles. The zero-order valence-corrected chi connectivity index (χ0v) is 14.8. The van der Waals surface area contributed by atoms with E-state index in [-0.39, 0.29) is 24.2 Å². The number of rotatable bonds is 8. The van der Waals surface area contributed by atoms with Gasteiger partial charge in [-0.3, -0.25) is 4.79 Å². The van der Waals surface area contributed by atoms with Gasteiger partial charge in [-0.05, 0) is 56.2 Å². The van der Waals surface area contributed by atoms with Gasteiger partial charge in [0.2, 0.25) is 5.91 Å². The highest BCUT2D eigenvalue weighted by Gasteiger charge is 2.13. The topological polar surface area (TPSA) is 47.6 Å². The van der Waals surface area contributed by atoms with E-state index in [1.54, 1.807) is 12.1 Å². The van der Waals surface area contributed by atoms with Crippen molar-refractivity contribution in [2.75, 3.05) is 13.2 Å². The monoisotopic (exact) mass is 345 g/mol. The standard InChI is InChI=1S/C20H24FNO3/c1-4-24-18-11-8-16(13-19(18)25-5-2)14(3)22-20(23)12-15-6-9-17(21)10-7-15/h6-11,13-14H,4-5,12H2,1-3H3,(H,22,23)/t14-/m0/s1. The van der Waals surface area contributed by atoms with Crippen molar-refractivity contribution in [2.45, 2.75) is 33.2 Å². The third-order valence-electron chi connectivity index (χ3n) is 3.72. The van der Waals surface area contributed by atoms with E-state index in [4.69, 9.17) is 9.47 Å². The summed E-state index contributed by atoms with van der Waals surface area (Å²) in [6.45, 7) is 6.84. The Morgan fingerprint density at radius 1 is 1.04 bits per heavy atom. The highest BCUT2D eigenvalue weighted by Crippen LogP contribution is 2.30. The number of nitrogens with one attached hydrogen (secondary N) is 1. The molecule has 0 bridgehead atoms. The molecule has 2 rings (SSSR count). The summed E-state index contributed by atoms with van der Waals surface area (Å²) in [7, 11) is 0. The minimum absolute atomic E-state index is 0.119. The third kappa shape index (κ3) is 5.48. The van der Waals surface area contributed by atoms with Crippen LogP contribution in [0.3, 0.4) is 0 Å². The first-order valence-electron chi connectivity index (χ1n) is 8.46. The fourth-order valence-corrected chi connectivity index (χ4v) is 2.50. The third-order valence-corrected chi connectivity index (χ3v) is 3.72. The van der Waals surface area contributed by atoms with Crippen LogP contribution >= 0.6 is 0 Å². The van der Waals surface area contributed by atoms with Crippen molar-refractivity contribution in [1.82, 2.24) is 5.32 Å². The number of halogens is 1. The van der Waals surface area contributed by atoms with E-state index in [2.05, 4.69) is 5.32 Å². The number of amides is 1. The Morgan fingerprint density at radius 3 is 2.32 bits per heavy atom. The zero-order chi connectivity index (χ0) is 18.2. The van der Waals surface area contributed by atoms with E-state index < -0.39 is 0 Å². The Balaban J connectivity index is 2.03. The van der Waals surface area contributed by atoms with Crippen molar-refractivity contribution >= 4 is 5.91 Å². The minimum Gasteiger partial charge on any atom is -0.490 e. The summed E-state index contributed by atoms with van der Waals surface area (Å²) in [5.41, 5.74) is 1.70. The van der Waals surface area contributed by atoms with Crippen LogP contribution in [0, 0.1) is 5.82 Å². The van der Waals surface area contributed by atoms with Crippen molar-refractivity contribution < 1.29 is 18.7 Å². The average molecular weight is 345 g/mol. The fraction of sp³-hybridized carbons (Fsp3) is 0.350. The number of hydrogen-bond acceptors (Lipinski definition) is 3. The molecule has 25 heavy (non-hydrogen) atoms. The largest absolute Gasteiger partial charge is 0.490 e. The van der Waals surface area contributed by atoms with E-state index in [1.165, 1.54) is 12.1 Å². The second kappa shape index (κ2) is 9.06. The van der Waals surface area contributed by atoms with E-state index in [1.807, 2.05) is 39.0 Å². The molecule has 0 fully saturated rings. The summed E-state index contributed by atoms with van der Waals surface area (Å²) in [6, 6.07) is 11.4. The molecule has 2 aromatic rings. The Morgan fingerprint density at radius 2 is 1.68 bits per heavy atom. The van der Waals surface area contributed by atoms with Crippen LogP contribution in [0.5, 0.6) is 11.5 Å². The lowest BCUT2D eigenvalue weighted by atomic mass is 10.1. The summed E-state index contributed by atoms with van der Waals surface area (Å²) in [4.78, 5) is 12.2. The van der Waals surface area contributed by atoms with Crippen molar-refractivity contribution in [2.24, 2.45) is 0 Å². The normalized spacial score (nSPS) is 11.7. The Hall–Kier alpha value is -2.56. The summed E-state index contributed by atoms with van der Waals surface area (Å²) in [6.07, 6.45) is 0.208. The van der Waals surface area contributed by atoms with Crippen LogP contribution in [0.2, 0.25) is 0 Å². The van der Waals surface area contributed by atoms with Crippen molar-refractivity contribution in [3.8, 4) is 11.5 Å². The molecule has 5 heteroatoms. The maximum atomic E-state index is 12.9. The van der Waals surface area contributed by atoms with Gasteiger partial charge in [-0.1, -0.05) is 18.2 Å². The number of carbonyl (C=O) groups is 1. The molecule has 0 aliphatic carbocycles. The van der Waals surface area contributed by atoms with E-state index in [9.17, 15) is 9.18 Å². The lowest BCUT2D eigenvalue weighted by Gasteiger charge is -2.17. The van der Waals surface area contributed by atoms with E-state index in [0.29, 0.717) is 24.7 Å². The maximum absolute atomic E-state index is 12.9. The Bertz CT molecular complexity index is 701. The highest BCUT2D eigenvalue weighted by molar-refractivity contribution is 5.79.